The van der Waals surface area contributed by atoms with Gasteiger partial charge in [-0.3, -0.25) is 9.59 Å². The minimum atomic E-state index is -4.14. The molecule has 2 fully saturated rings. The van der Waals surface area contributed by atoms with Crippen molar-refractivity contribution in [3.05, 3.63) is 53.8 Å². The van der Waals surface area contributed by atoms with E-state index in [2.05, 4.69) is 16.0 Å². The van der Waals surface area contributed by atoms with Gasteiger partial charge in [0.15, 0.2) is 0 Å². The molecule has 4 rings (SSSR count). The Kier molecular flexibility index (Phi) is 6.95. The number of nitrogens with one attached hydrogen (secondary N) is 3. The van der Waals surface area contributed by atoms with E-state index in [0.29, 0.717) is 30.9 Å². The van der Waals surface area contributed by atoms with Crippen LogP contribution in [0.15, 0.2) is 42.5 Å². The van der Waals surface area contributed by atoms with Gasteiger partial charge in [-0.25, -0.2) is 4.39 Å². The zero-order valence-electron chi connectivity index (χ0n) is 18.4. The Morgan fingerprint density at radius 3 is 2.38 bits per heavy atom. The fraction of sp³-hybridized carbons (Fsp3) is 0.417. The van der Waals surface area contributed by atoms with Gasteiger partial charge < -0.3 is 20.9 Å². The maximum atomic E-state index is 14.6. The van der Waals surface area contributed by atoms with Crippen LogP contribution in [0.5, 0.6) is 0 Å². The summed E-state index contributed by atoms with van der Waals surface area (Å²) in [5, 5.41) is 8.32. The molecule has 3 N–H and O–H groups in total. The number of nitrogens with zero attached hydrogens (tertiary/aromatic N) is 1. The van der Waals surface area contributed by atoms with Crippen LogP contribution in [0.3, 0.4) is 0 Å². The molecular weight excluding hydrogens is 452 g/mol. The highest BCUT2D eigenvalue weighted by atomic mass is 19.4. The summed E-state index contributed by atoms with van der Waals surface area (Å²) in [6.07, 6.45) is -3.82. The molecule has 2 heterocycles. The van der Waals surface area contributed by atoms with E-state index in [1.54, 1.807) is 36.4 Å². The summed E-state index contributed by atoms with van der Waals surface area (Å²) < 4.78 is 53.1. The number of carbonyl (C=O) groups excluding carboxylic acids is 2. The summed E-state index contributed by atoms with van der Waals surface area (Å²) in [5.41, 5.74) is 2.33. The molecule has 2 aromatic rings. The van der Waals surface area contributed by atoms with E-state index >= 15 is 0 Å². The lowest BCUT2D eigenvalue weighted by molar-refractivity contribution is -0.179. The van der Waals surface area contributed by atoms with Crippen LogP contribution in [0.2, 0.25) is 0 Å². The Labute approximate surface area is 194 Å². The van der Waals surface area contributed by atoms with Crippen molar-refractivity contribution in [3.63, 3.8) is 0 Å². The van der Waals surface area contributed by atoms with Crippen LogP contribution in [0, 0.1) is 17.7 Å². The Morgan fingerprint density at radius 1 is 1.09 bits per heavy atom. The molecule has 2 amide bonds. The molecule has 34 heavy (non-hydrogen) atoms. The van der Waals surface area contributed by atoms with Gasteiger partial charge in [0.25, 0.3) is 0 Å². The monoisotopic (exact) mass is 478 g/mol. The molecule has 2 aliphatic rings. The number of amides is 2. The van der Waals surface area contributed by atoms with E-state index in [0.717, 1.165) is 5.69 Å². The topological polar surface area (TPSA) is 73.5 Å². The molecule has 0 spiro atoms. The van der Waals surface area contributed by atoms with Crippen LogP contribution in [0.25, 0.3) is 0 Å². The molecule has 0 aromatic heterocycles. The van der Waals surface area contributed by atoms with Gasteiger partial charge in [-0.05, 0) is 54.8 Å². The van der Waals surface area contributed by atoms with Crippen molar-refractivity contribution in [2.45, 2.75) is 32.0 Å². The summed E-state index contributed by atoms with van der Waals surface area (Å²) >= 11 is 0. The SMILES string of the molecule is O=C1CC(C(=O)NCc2ccc(Nc3ccc(N4CCC(C(F)(F)F)CC4)cc3)c(F)c2)CN1. The average molecular weight is 478 g/mol. The number of hydrogen-bond acceptors (Lipinski definition) is 4. The molecule has 0 bridgehead atoms. The van der Waals surface area contributed by atoms with Crippen LogP contribution < -0.4 is 20.9 Å². The Hall–Kier alpha value is -3.30. The van der Waals surface area contributed by atoms with E-state index in [-0.39, 0.29) is 43.3 Å². The van der Waals surface area contributed by atoms with Crippen LogP contribution in [0.4, 0.5) is 34.6 Å². The third-order valence-electron chi connectivity index (χ3n) is 6.32. The molecule has 2 aromatic carbocycles. The van der Waals surface area contributed by atoms with Crippen LogP contribution in [-0.2, 0) is 16.1 Å². The fourth-order valence-electron chi connectivity index (χ4n) is 4.27. The number of anilines is 3. The predicted molar refractivity (Wildman–Crippen MR) is 120 cm³/mol. The van der Waals surface area contributed by atoms with Gasteiger partial charge in [0.05, 0.1) is 17.5 Å². The predicted octanol–water partition coefficient (Wildman–Crippen LogP) is 4.10. The highest BCUT2D eigenvalue weighted by Gasteiger charge is 2.41. The molecule has 2 aliphatic heterocycles. The summed E-state index contributed by atoms with van der Waals surface area (Å²) in [7, 11) is 0. The smallest absolute Gasteiger partial charge is 0.372 e. The van der Waals surface area contributed by atoms with E-state index in [1.165, 1.54) is 6.07 Å². The molecule has 0 aliphatic carbocycles. The number of benzene rings is 2. The quantitative estimate of drug-likeness (QED) is 0.547. The average Bonchev–Trinajstić information content (AvgIpc) is 3.25. The zero-order chi connectivity index (χ0) is 24.3. The Morgan fingerprint density at radius 2 is 1.79 bits per heavy atom. The van der Waals surface area contributed by atoms with Gasteiger partial charge in [0.1, 0.15) is 5.82 Å². The van der Waals surface area contributed by atoms with Gasteiger partial charge in [-0.15, -0.1) is 0 Å². The lowest BCUT2D eigenvalue weighted by Crippen LogP contribution is -2.38. The first kappa shape index (κ1) is 23.8. The van der Waals surface area contributed by atoms with E-state index < -0.39 is 23.8 Å². The zero-order valence-corrected chi connectivity index (χ0v) is 18.4. The van der Waals surface area contributed by atoms with Gasteiger partial charge in [-0.2, -0.15) is 13.2 Å². The molecule has 2 saturated heterocycles. The molecule has 1 unspecified atom stereocenters. The first-order chi connectivity index (χ1) is 16.2. The summed E-state index contributed by atoms with van der Waals surface area (Å²) in [5.74, 6) is -2.53. The van der Waals surface area contributed by atoms with Crippen LogP contribution in [0.1, 0.15) is 24.8 Å². The minimum Gasteiger partial charge on any atom is -0.372 e. The van der Waals surface area contributed by atoms with Crippen molar-refractivity contribution in [2.75, 3.05) is 29.9 Å². The van der Waals surface area contributed by atoms with E-state index in [4.69, 9.17) is 0 Å². The van der Waals surface area contributed by atoms with Gasteiger partial charge >= 0.3 is 6.18 Å². The van der Waals surface area contributed by atoms with Crippen molar-refractivity contribution < 1.29 is 27.2 Å². The fourth-order valence-corrected chi connectivity index (χ4v) is 4.27. The van der Waals surface area contributed by atoms with Crippen LogP contribution >= 0.6 is 0 Å². The van der Waals surface area contributed by atoms with Crippen molar-refractivity contribution in [1.82, 2.24) is 10.6 Å². The number of piperidine rings is 1. The summed E-state index contributed by atoms with van der Waals surface area (Å²) in [6.45, 7) is 1.15. The second-order valence-corrected chi connectivity index (χ2v) is 8.71. The molecule has 10 heteroatoms. The Balaban J connectivity index is 1.30. The van der Waals surface area contributed by atoms with Gasteiger partial charge in [0, 0.05) is 44.0 Å². The second kappa shape index (κ2) is 9.90. The van der Waals surface area contributed by atoms with Crippen LogP contribution in [-0.4, -0.2) is 37.6 Å². The first-order valence-corrected chi connectivity index (χ1v) is 11.2. The molecule has 0 saturated carbocycles. The minimum absolute atomic E-state index is 0.0805. The molecule has 0 radical (unpaired) electrons. The first-order valence-electron chi connectivity index (χ1n) is 11.2. The second-order valence-electron chi connectivity index (χ2n) is 8.71. The van der Waals surface area contributed by atoms with Gasteiger partial charge in [0.2, 0.25) is 11.8 Å². The summed E-state index contributed by atoms with van der Waals surface area (Å²) in [6, 6.07) is 11.7. The summed E-state index contributed by atoms with van der Waals surface area (Å²) in [4.78, 5) is 25.2. The number of carbonyl (C=O) groups is 2. The Bertz CT molecular complexity index is 1030. The molecule has 6 nitrogen and oxygen atoms in total. The lowest BCUT2D eigenvalue weighted by Gasteiger charge is -2.34. The number of alkyl halides is 3. The molecule has 1 atom stereocenters. The molecule has 182 valence electrons. The highest BCUT2D eigenvalue weighted by molar-refractivity contribution is 5.89. The number of rotatable bonds is 6. The van der Waals surface area contributed by atoms with Crippen molar-refractivity contribution in [3.8, 4) is 0 Å². The number of hydrogen-bond donors (Lipinski definition) is 3. The van der Waals surface area contributed by atoms with E-state index in [1.807, 2.05) is 4.90 Å². The van der Waals surface area contributed by atoms with E-state index in [9.17, 15) is 27.2 Å². The normalized spacial score (nSPS) is 19.1. The van der Waals surface area contributed by atoms with Crippen molar-refractivity contribution in [1.29, 1.82) is 0 Å². The maximum Gasteiger partial charge on any atom is 0.391 e. The standard InChI is InChI=1S/C24H26F4N4O2/c25-20-11-15(13-30-23(34)16-12-22(33)29-14-16)1-6-21(20)31-18-2-4-19(5-3-18)32-9-7-17(8-10-32)24(26,27)28/h1-6,11,16-17,31H,7-10,12-14H2,(H,29,33)(H,30,34). The third kappa shape index (κ3) is 5.78. The number of halogens is 4. The van der Waals surface area contributed by atoms with Crippen molar-refractivity contribution >= 4 is 28.9 Å². The maximum absolute atomic E-state index is 14.6. The largest absolute Gasteiger partial charge is 0.391 e. The third-order valence-corrected chi connectivity index (χ3v) is 6.32. The lowest BCUT2D eigenvalue weighted by atomic mass is 9.96. The van der Waals surface area contributed by atoms with Gasteiger partial charge in [-0.1, -0.05) is 6.07 Å². The molecular formula is C24H26F4N4O2. The van der Waals surface area contributed by atoms with Crippen molar-refractivity contribution in [2.24, 2.45) is 11.8 Å². The highest BCUT2D eigenvalue weighted by Crippen LogP contribution is 2.35.